The van der Waals surface area contributed by atoms with Crippen LogP contribution in [0.3, 0.4) is 0 Å². The third-order valence-corrected chi connectivity index (χ3v) is 3.44. The Bertz CT molecular complexity index is 629. The number of nitrogen functional groups attached to an aromatic ring is 1. The highest BCUT2D eigenvalue weighted by Gasteiger charge is 2.18. The molecule has 0 unspecified atom stereocenters. The molecular formula is C17H20N3O2. The maximum atomic E-state index is 11.9. The highest BCUT2D eigenvalue weighted by atomic mass is 16.5. The number of nitrogens with one attached hydrogen (secondary N) is 2. The van der Waals surface area contributed by atoms with Gasteiger partial charge in [0, 0.05) is 0 Å². The van der Waals surface area contributed by atoms with Crippen molar-refractivity contribution in [1.29, 1.82) is 0 Å². The summed E-state index contributed by atoms with van der Waals surface area (Å²) < 4.78 is 0. The van der Waals surface area contributed by atoms with Crippen LogP contribution in [0.1, 0.15) is 17.5 Å². The van der Waals surface area contributed by atoms with Gasteiger partial charge in [-0.15, -0.1) is 0 Å². The molecule has 2 aromatic rings. The number of carbonyl (C=O) groups excluding carboxylic acids is 1. The lowest BCUT2D eigenvalue weighted by molar-refractivity contribution is -0.130. The molecule has 0 saturated carbocycles. The average Bonchev–Trinajstić information content (AvgIpc) is 2.54. The van der Waals surface area contributed by atoms with E-state index in [0.29, 0.717) is 24.2 Å². The molecular weight excluding hydrogens is 278 g/mol. The van der Waals surface area contributed by atoms with Gasteiger partial charge in [0.1, 0.15) is 6.04 Å². The van der Waals surface area contributed by atoms with E-state index in [-0.39, 0.29) is 0 Å². The van der Waals surface area contributed by atoms with E-state index in [1.54, 1.807) is 23.7 Å². The van der Waals surface area contributed by atoms with E-state index in [2.05, 4.69) is 12.2 Å². The average molecular weight is 298 g/mol. The van der Waals surface area contributed by atoms with Crippen LogP contribution in [0, 0.1) is 6.92 Å². The van der Waals surface area contributed by atoms with Crippen LogP contribution in [-0.4, -0.2) is 17.2 Å². The number of hydroxylamine groups is 1. The number of carbonyl (C=O) groups is 1. The minimum atomic E-state index is -0.589. The van der Waals surface area contributed by atoms with E-state index in [1.165, 1.54) is 0 Å². The van der Waals surface area contributed by atoms with Crippen LogP contribution in [0.15, 0.2) is 48.5 Å². The number of hydrogen-bond donors (Lipinski definition) is 4. The Balaban J connectivity index is 2.09. The fraction of sp³-hybridized carbons (Fsp3) is 0.176. The minimum Gasteiger partial charge on any atom is -0.397 e. The number of nitrogens with two attached hydrogens (primary N) is 1. The zero-order valence-electron chi connectivity index (χ0n) is 12.3. The molecule has 0 saturated heterocycles. The first kappa shape index (κ1) is 15.9. The number of rotatable bonds is 6. The molecule has 5 heteroatoms. The zero-order chi connectivity index (χ0) is 15.9. The zero-order valence-corrected chi connectivity index (χ0v) is 12.3. The van der Waals surface area contributed by atoms with Gasteiger partial charge in [0.05, 0.1) is 11.4 Å². The first-order valence-electron chi connectivity index (χ1n) is 7.06. The lowest BCUT2D eigenvalue weighted by atomic mass is 10.0. The van der Waals surface area contributed by atoms with Crippen molar-refractivity contribution in [2.45, 2.75) is 18.9 Å². The first-order chi connectivity index (χ1) is 10.6. The fourth-order valence-electron chi connectivity index (χ4n) is 2.22. The Labute approximate surface area is 130 Å². The first-order valence-corrected chi connectivity index (χ1v) is 7.06. The summed E-state index contributed by atoms with van der Waals surface area (Å²) in [6.07, 6.45) is 1.23. The topological polar surface area (TPSA) is 87.4 Å². The molecule has 115 valence electrons. The molecule has 5 nitrogen and oxygen atoms in total. The summed E-state index contributed by atoms with van der Waals surface area (Å²) in [6, 6.07) is 14.6. The van der Waals surface area contributed by atoms with Crippen molar-refractivity contribution in [2.24, 2.45) is 0 Å². The maximum absolute atomic E-state index is 11.9. The molecule has 0 aliphatic heterocycles. The highest BCUT2D eigenvalue weighted by Crippen LogP contribution is 2.21. The molecule has 0 aliphatic rings. The summed E-state index contributed by atoms with van der Waals surface area (Å²) in [5.74, 6) is -0.496. The normalized spacial score (nSPS) is 11.7. The van der Waals surface area contributed by atoms with Crippen molar-refractivity contribution < 1.29 is 10.0 Å². The van der Waals surface area contributed by atoms with Crippen molar-refractivity contribution in [1.82, 2.24) is 5.48 Å². The SMILES string of the molecule is [CH2]c1ccc(N)c(N[C@@H](CCc2ccccc2)C(=O)NO)c1. The van der Waals surface area contributed by atoms with Gasteiger partial charge in [-0.3, -0.25) is 10.0 Å². The lowest BCUT2D eigenvalue weighted by Crippen LogP contribution is -2.38. The van der Waals surface area contributed by atoms with Gasteiger partial charge in [-0.05, 0) is 43.0 Å². The third-order valence-electron chi connectivity index (χ3n) is 3.44. The molecule has 1 radical (unpaired) electrons. The van der Waals surface area contributed by atoms with Gasteiger partial charge < -0.3 is 11.1 Å². The lowest BCUT2D eigenvalue weighted by Gasteiger charge is -2.19. The Morgan fingerprint density at radius 1 is 1.23 bits per heavy atom. The predicted molar refractivity (Wildman–Crippen MR) is 87.4 cm³/mol. The quantitative estimate of drug-likeness (QED) is 0.374. The van der Waals surface area contributed by atoms with Gasteiger partial charge in [0.25, 0.3) is 5.91 Å². The summed E-state index contributed by atoms with van der Waals surface area (Å²) in [4.78, 5) is 11.9. The molecule has 0 aliphatic carbocycles. The van der Waals surface area contributed by atoms with Crippen LogP contribution in [0.5, 0.6) is 0 Å². The monoisotopic (exact) mass is 298 g/mol. The number of benzene rings is 2. The molecule has 0 spiro atoms. The molecule has 1 amide bonds. The van der Waals surface area contributed by atoms with Gasteiger partial charge in [0.2, 0.25) is 0 Å². The standard InChI is InChI=1S/C17H20N3O2/c1-12-7-9-14(18)16(11-12)19-15(17(21)20-22)10-8-13-5-3-2-4-6-13/h2-7,9,11,15,19,22H,1,8,10,18H2,(H,20,21)/t15-/m0/s1. The molecule has 2 rings (SSSR count). The number of anilines is 2. The van der Waals surface area contributed by atoms with Crippen LogP contribution in [0.2, 0.25) is 0 Å². The number of amides is 1. The van der Waals surface area contributed by atoms with Gasteiger partial charge in [-0.1, -0.05) is 36.4 Å². The van der Waals surface area contributed by atoms with E-state index >= 15 is 0 Å². The van der Waals surface area contributed by atoms with E-state index in [0.717, 1.165) is 11.1 Å². The summed E-state index contributed by atoms with van der Waals surface area (Å²) in [6.45, 7) is 3.84. The smallest absolute Gasteiger partial charge is 0.265 e. The molecule has 22 heavy (non-hydrogen) atoms. The molecule has 2 aromatic carbocycles. The predicted octanol–water partition coefficient (Wildman–Crippen LogP) is 2.37. The summed E-state index contributed by atoms with van der Waals surface area (Å²) in [5.41, 5.74) is 10.7. The van der Waals surface area contributed by atoms with Gasteiger partial charge in [-0.25, -0.2) is 5.48 Å². The Hall–Kier alpha value is -2.53. The van der Waals surface area contributed by atoms with Crippen LogP contribution in [0.4, 0.5) is 11.4 Å². The third kappa shape index (κ3) is 4.23. The Morgan fingerprint density at radius 3 is 2.64 bits per heavy atom. The maximum Gasteiger partial charge on any atom is 0.265 e. The van der Waals surface area contributed by atoms with E-state index < -0.39 is 11.9 Å². The Kier molecular flexibility index (Phi) is 5.38. The Morgan fingerprint density at radius 2 is 1.95 bits per heavy atom. The van der Waals surface area contributed by atoms with E-state index in [4.69, 9.17) is 10.9 Å². The van der Waals surface area contributed by atoms with Gasteiger partial charge in [-0.2, -0.15) is 0 Å². The summed E-state index contributed by atoms with van der Waals surface area (Å²) >= 11 is 0. The van der Waals surface area contributed by atoms with Gasteiger partial charge >= 0.3 is 0 Å². The second-order valence-corrected chi connectivity index (χ2v) is 5.12. The van der Waals surface area contributed by atoms with Crippen LogP contribution in [-0.2, 0) is 11.2 Å². The molecule has 1 atom stereocenters. The number of hydrogen-bond acceptors (Lipinski definition) is 4. The molecule has 0 heterocycles. The molecule has 0 fully saturated rings. The molecule has 0 aromatic heterocycles. The summed E-state index contributed by atoms with van der Waals surface area (Å²) in [5, 5.41) is 12.0. The van der Waals surface area contributed by atoms with Crippen molar-refractivity contribution in [3.05, 3.63) is 66.6 Å². The summed E-state index contributed by atoms with van der Waals surface area (Å²) in [7, 11) is 0. The van der Waals surface area contributed by atoms with E-state index in [9.17, 15) is 4.79 Å². The molecule has 5 N–H and O–H groups in total. The fourth-order valence-corrected chi connectivity index (χ4v) is 2.22. The van der Waals surface area contributed by atoms with Crippen molar-refractivity contribution >= 4 is 17.3 Å². The van der Waals surface area contributed by atoms with Crippen molar-refractivity contribution in [2.75, 3.05) is 11.1 Å². The second-order valence-electron chi connectivity index (χ2n) is 5.12. The van der Waals surface area contributed by atoms with E-state index in [1.807, 2.05) is 30.3 Å². The van der Waals surface area contributed by atoms with Gasteiger partial charge in [0.15, 0.2) is 0 Å². The number of aryl methyl sites for hydroxylation is 1. The van der Waals surface area contributed by atoms with Crippen molar-refractivity contribution in [3.8, 4) is 0 Å². The van der Waals surface area contributed by atoms with Crippen LogP contribution in [0.25, 0.3) is 0 Å². The van der Waals surface area contributed by atoms with Crippen LogP contribution < -0.4 is 16.5 Å². The minimum absolute atomic E-state index is 0.496. The van der Waals surface area contributed by atoms with Crippen molar-refractivity contribution in [3.63, 3.8) is 0 Å². The molecule has 0 bridgehead atoms. The van der Waals surface area contributed by atoms with Crippen LogP contribution >= 0.6 is 0 Å². The largest absolute Gasteiger partial charge is 0.397 e. The highest BCUT2D eigenvalue weighted by molar-refractivity contribution is 5.85. The second kappa shape index (κ2) is 7.47.